The second-order valence-electron chi connectivity index (χ2n) is 12.0. The molecular weight excluding hydrogens is 620 g/mol. The van der Waals surface area contributed by atoms with Gasteiger partial charge in [-0.1, -0.05) is 55.7 Å². The van der Waals surface area contributed by atoms with Crippen LogP contribution in [0.5, 0.6) is 0 Å². The summed E-state index contributed by atoms with van der Waals surface area (Å²) < 4.78 is 54.6. The van der Waals surface area contributed by atoms with E-state index in [0.717, 1.165) is 33.9 Å². The van der Waals surface area contributed by atoms with Gasteiger partial charge in [0.05, 0.1) is 22.9 Å². The van der Waals surface area contributed by atoms with Crippen molar-refractivity contribution in [2.75, 3.05) is 26.2 Å². The van der Waals surface area contributed by atoms with Crippen LogP contribution in [0.2, 0.25) is 0 Å². The summed E-state index contributed by atoms with van der Waals surface area (Å²) in [4.78, 5) is 28.8. The van der Waals surface area contributed by atoms with Gasteiger partial charge in [-0.25, -0.2) is 14.4 Å². The zero-order chi connectivity index (χ0) is 34.9. The van der Waals surface area contributed by atoms with Gasteiger partial charge >= 0.3 is 6.18 Å². The van der Waals surface area contributed by atoms with Crippen molar-refractivity contribution in [3.05, 3.63) is 115 Å². The van der Waals surface area contributed by atoms with Crippen molar-refractivity contribution in [1.29, 1.82) is 5.26 Å². The van der Waals surface area contributed by atoms with Gasteiger partial charge < -0.3 is 9.88 Å². The molecule has 2 aromatic heterocycles. The number of H-pyrrole nitrogens is 1. The predicted molar refractivity (Wildman–Crippen MR) is 181 cm³/mol. The van der Waals surface area contributed by atoms with Crippen LogP contribution in [0.1, 0.15) is 44.7 Å². The number of nitrogens with zero attached hydrogens (tertiary/aromatic N) is 5. The number of nitriles is 1. The summed E-state index contributed by atoms with van der Waals surface area (Å²) in [6.07, 6.45) is 14.7. The minimum absolute atomic E-state index is 0.106. The van der Waals surface area contributed by atoms with Gasteiger partial charge in [-0.2, -0.15) is 18.4 Å². The predicted octanol–water partition coefficient (Wildman–Crippen LogP) is 8.10. The number of allylic oxidation sites excluding steroid dienone is 10. The first-order chi connectivity index (χ1) is 23.0. The number of carbonyl (C=O) groups excluding carboxylic acids is 1. The maximum Gasteiger partial charge on any atom is 0.418 e. The Kier molecular flexibility index (Phi) is 11.9. The van der Waals surface area contributed by atoms with Crippen molar-refractivity contribution in [3.8, 4) is 6.07 Å². The lowest BCUT2D eigenvalue weighted by Gasteiger charge is -2.53. The van der Waals surface area contributed by atoms with Crippen LogP contribution in [0.15, 0.2) is 109 Å². The molecule has 0 unspecified atom stereocenters. The van der Waals surface area contributed by atoms with E-state index in [0.29, 0.717) is 38.8 Å². The van der Waals surface area contributed by atoms with Crippen molar-refractivity contribution in [3.63, 3.8) is 0 Å². The fraction of sp³-hybridized carbons (Fsp3) is 0.351. The molecule has 48 heavy (non-hydrogen) atoms. The Hall–Kier alpha value is -4.82. The highest BCUT2D eigenvalue weighted by Gasteiger charge is 2.45. The third-order valence-corrected chi connectivity index (χ3v) is 8.67. The number of hydrogen-bond acceptors (Lipinski definition) is 5. The molecule has 4 rings (SSSR count). The van der Waals surface area contributed by atoms with E-state index < -0.39 is 29.1 Å². The van der Waals surface area contributed by atoms with Crippen LogP contribution in [-0.4, -0.2) is 69.1 Å². The number of amides is 1. The minimum Gasteiger partial charge on any atom is -0.346 e. The number of aromatic nitrogens is 3. The zero-order valence-electron chi connectivity index (χ0n) is 27.1. The van der Waals surface area contributed by atoms with Gasteiger partial charge in [-0.05, 0) is 50.3 Å². The summed E-state index contributed by atoms with van der Waals surface area (Å²) in [5.74, 6) is -2.48. The fourth-order valence-electron chi connectivity index (χ4n) is 6.18. The number of piperidine rings is 1. The Morgan fingerprint density at radius 2 is 1.94 bits per heavy atom. The molecule has 0 radical (unpaired) electrons. The summed E-state index contributed by atoms with van der Waals surface area (Å²) in [7, 11) is 0. The Morgan fingerprint density at radius 1 is 1.21 bits per heavy atom. The topological polar surface area (TPSA) is 88.9 Å². The number of aromatic amines is 1. The van der Waals surface area contributed by atoms with E-state index in [2.05, 4.69) is 63.9 Å². The fourth-order valence-corrected chi connectivity index (χ4v) is 6.18. The maximum absolute atomic E-state index is 14.9. The van der Waals surface area contributed by atoms with Gasteiger partial charge in [0.15, 0.2) is 0 Å². The third kappa shape index (κ3) is 8.36. The lowest BCUT2D eigenvalue weighted by Crippen LogP contribution is -2.61. The van der Waals surface area contributed by atoms with Gasteiger partial charge in [-0.3, -0.25) is 9.69 Å². The first-order valence-corrected chi connectivity index (χ1v) is 15.8. The van der Waals surface area contributed by atoms with Crippen LogP contribution in [-0.2, 0) is 4.79 Å². The molecule has 2 aliphatic heterocycles. The van der Waals surface area contributed by atoms with Crippen molar-refractivity contribution in [2.45, 2.75) is 51.2 Å². The van der Waals surface area contributed by atoms with Crippen LogP contribution in [0.4, 0.5) is 17.6 Å². The normalized spacial score (nSPS) is 18.5. The largest absolute Gasteiger partial charge is 0.418 e. The molecular formula is C37H40F4N6O. The van der Waals surface area contributed by atoms with E-state index in [9.17, 15) is 27.6 Å². The van der Waals surface area contributed by atoms with Crippen LogP contribution < -0.4 is 0 Å². The first-order valence-electron chi connectivity index (χ1n) is 15.8. The molecule has 2 aliphatic rings. The van der Waals surface area contributed by atoms with E-state index in [-0.39, 0.29) is 31.0 Å². The van der Waals surface area contributed by atoms with Gasteiger partial charge in [0.2, 0.25) is 0 Å². The molecule has 11 heteroatoms. The first kappa shape index (κ1) is 36.0. The summed E-state index contributed by atoms with van der Waals surface area (Å²) in [5.41, 5.74) is 0.593. The van der Waals surface area contributed by atoms with Crippen molar-refractivity contribution in [2.24, 2.45) is 5.41 Å². The minimum atomic E-state index is -5.00. The lowest BCUT2D eigenvalue weighted by molar-refractivity contribution is -0.129. The van der Waals surface area contributed by atoms with Gasteiger partial charge in [-0.15, -0.1) is 6.58 Å². The molecule has 2 saturated heterocycles. The summed E-state index contributed by atoms with van der Waals surface area (Å²) in [5, 5.41) is 10.7. The molecule has 1 amide bonds. The van der Waals surface area contributed by atoms with Crippen molar-refractivity contribution in [1.82, 2.24) is 24.8 Å². The van der Waals surface area contributed by atoms with E-state index in [1.54, 1.807) is 6.08 Å². The van der Waals surface area contributed by atoms with Gasteiger partial charge in [0.25, 0.3) is 5.91 Å². The monoisotopic (exact) mass is 660 g/mol. The number of carbonyl (C=O) groups is 1. The SMILES string of the molecule is C=CC/C=C\C(C(=O)N1CCC(N2CC(/C=C(\C=C(/C=C)c3ncnc4[nH]ccc34)C/C=C/C)(CC#N)C2)CC1)=C(\F)C(=C)C(F)(F)F. The molecule has 0 bridgehead atoms. The molecule has 0 spiro atoms. The molecule has 252 valence electrons. The molecule has 4 heterocycles. The Morgan fingerprint density at radius 3 is 2.56 bits per heavy atom. The van der Waals surface area contributed by atoms with Crippen LogP contribution in [0.3, 0.4) is 0 Å². The Labute approximate surface area is 278 Å². The smallest absolute Gasteiger partial charge is 0.346 e. The van der Waals surface area contributed by atoms with E-state index in [1.807, 2.05) is 25.3 Å². The van der Waals surface area contributed by atoms with E-state index >= 15 is 0 Å². The standard InChI is InChI=1S/C37H40F4N6O/c1-5-8-10-12-30(32(38)26(4)37(39,40)41)35(48)46-19-14-29(15-20-46)47-23-36(24-47,16-17-42)22-27(11-9-6-2)21-28(7-3)33-31-13-18-43-34(31)45-25-44-33/h5-7,9-10,12-13,18,21-22,25,29H,1,3-4,8,11,14-16,19-20,23-24H2,2H3,(H,43,44,45)/b9-6+,12-10-,27-22-,28-21+,32-30-. The van der Waals surface area contributed by atoms with Crippen LogP contribution in [0, 0.1) is 16.7 Å². The second kappa shape index (κ2) is 15.8. The second-order valence-corrected chi connectivity index (χ2v) is 12.0. The third-order valence-electron chi connectivity index (χ3n) is 8.67. The summed E-state index contributed by atoms with van der Waals surface area (Å²) in [6.45, 7) is 14.1. The number of rotatable bonds is 13. The zero-order valence-corrected chi connectivity index (χ0v) is 27.1. The Bertz CT molecular complexity index is 1720. The highest BCUT2D eigenvalue weighted by atomic mass is 19.4. The number of halogens is 4. The van der Waals surface area contributed by atoms with Gasteiger partial charge in [0.1, 0.15) is 17.8 Å². The Balaban J connectivity index is 1.50. The number of nitrogens with one attached hydrogen (secondary N) is 1. The van der Waals surface area contributed by atoms with E-state index in [1.165, 1.54) is 23.4 Å². The molecule has 2 aromatic rings. The average molecular weight is 661 g/mol. The summed E-state index contributed by atoms with van der Waals surface area (Å²) in [6, 6.07) is 4.38. The van der Waals surface area contributed by atoms with E-state index in [4.69, 9.17) is 0 Å². The van der Waals surface area contributed by atoms with Crippen LogP contribution in [0.25, 0.3) is 16.6 Å². The number of hydrogen-bond donors (Lipinski definition) is 1. The van der Waals surface area contributed by atoms with Gasteiger partial charge in [0, 0.05) is 61.2 Å². The molecule has 0 atom stereocenters. The number of likely N-dealkylation sites (tertiary alicyclic amines) is 2. The molecule has 0 aliphatic carbocycles. The molecule has 1 N–H and O–H groups in total. The highest BCUT2D eigenvalue weighted by Crippen LogP contribution is 2.41. The highest BCUT2D eigenvalue weighted by molar-refractivity contribution is 5.97. The van der Waals surface area contributed by atoms with Crippen molar-refractivity contribution < 1.29 is 22.4 Å². The lowest BCUT2D eigenvalue weighted by atomic mass is 9.74. The molecule has 0 aromatic carbocycles. The van der Waals surface area contributed by atoms with Crippen LogP contribution >= 0.6 is 0 Å². The van der Waals surface area contributed by atoms with Crippen molar-refractivity contribution >= 4 is 22.5 Å². The molecule has 2 fully saturated rings. The average Bonchev–Trinajstić information content (AvgIpc) is 3.55. The number of alkyl halides is 3. The quantitative estimate of drug-likeness (QED) is 0.102. The molecule has 0 saturated carbocycles. The maximum atomic E-state index is 14.9. The number of fused-ring (bicyclic) bond motifs is 1. The summed E-state index contributed by atoms with van der Waals surface area (Å²) >= 11 is 0. The molecule has 7 nitrogen and oxygen atoms in total.